The highest BCUT2D eigenvalue weighted by Gasteiger charge is 2.12. The number of benzene rings is 2. The number of hydrogen-bond acceptors (Lipinski definition) is 2. The molecule has 0 aliphatic heterocycles. The molecule has 21 heavy (non-hydrogen) atoms. The molecule has 2 aromatic carbocycles. The Hall–Kier alpha value is -1.98. The van der Waals surface area contributed by atoms with Crippen LogP contribution in [0.3, 0.4) is 0 Å². The number of thioether (sulfide) groups is 1. The number of amides is 1. The van der Waals surface area contributed by atoms with Crippen LogP contribution in [-0.4, -0.2) is 16.6 Å². The summed E-state index contributed by atoms with van der Waals surface area (Å²) in [7, 11) is 0. The summed E-state index contributed by atoms with van der Waals surface area (Å²) in [5.41, 5.74) is 2.79. The first-order valence-electron chi connectivity index (χ1n) is 6.39. The van der Waals surface area contributed by atoms with Gasteiger partial charge in [0.2, 0.25) is 5.91 Å². The number of H-pyrrole nitrogens is 2. The van der Waals surface area contributed by atoms with Gasteiger partial charge >= 0.3 is 5.16 Å². The lowest BCUT2D eigenvalue weighted by Crippen LogP contribution is -2.15. The summed E-state index contributed by atoms with van der Waals surface area (Å²) in [6, 6.07) is 15.0. The first-order valence-corrected chi connectivity index (χ1v) is 7.75. The number of aromatic nitrogens is 2. The number of nitrogens with one attached hydrogen (secondary N) is 3. The number of carbonyl (C=O) groups is 1. The Kier molecular flexibility index (Phi) is 4.13. The molecule has 0 atom stereocenters. The molecule has 0 saturated heterocycles. The molecular formula is C15H13ClN3OS+. The van der Waals surface area contributed by atoms with Gasteiger partial charge in [-0.25, -0.2) is 9.97 Å². The molecule has 1 amide bonds. The van der Waals surface area contributed by atoms with Gasteiger partial charge in [0.25, 0.3) is 0 Å². The average Bonchev–Trinajstić information content (AvgIpc) is 2.90. The van der Waals surface area contributed by atoms with Gasteiger partial charge in [0.1, 0.15) is 0 Å². The first kappa shape index (κ1) is 14.0. The molecule has 0 fully saturated rings. The molecule has 4 nitrogen and oxygen atoms in total. The highest BCUT2D eigenvalue weighted by molar-refractivity contribution is 7.99. The van der Waals surface area contributed by atoms with E-state index in [4.69, 9.17) is 11.6 Å². The largest absolute Gasteiger partial charge is 0.325 e. The quantitative estimate of drug-likeness (QED) is 0.725. The van der Waals surface area contributed by atoms with E-state index in [1.54, 1.807) is 24.3 Å². The lowest BCUT2D eigenvalue weighted by atomic mass is 10.3. The van der Waals surface area contributed by atoms with E-state index in [9.17, 15) is 4.79 Å². The van der Waals surface area contributed by atoms with Gasteiger partial charge in [-0.15, -0.1) is 0 Å². The van der Waals surface area contributed by atoms with E-state index in [1.807, 2.05) is 24.3 Å². The minimum absolute atomic E-state index is 0.0608. The number of hydrogen-bond donors (Lipinski definition) is 2. The molecule has 0 saturated carbocycles. The number of halogens is 1. The number of para-hydroxylation sites is 2. The fraction of sp³-hybridized carbons (Fsp3) is 0.0667. The molecule has 3 rings (SSSR count). The third-order valence-electron chi connectivity index (χ3n) is 2.90. The van der Waals surface area contributed by atoms with Crippen LogP contribution in [0, 0.1) is 0 Å². The zero-order valence-corrected chi connectivity index (χ0v) is 12.6. The Labute approximate surface area is 130 Å². The SMILES string of the molecule is O=C(CSc1[nH]c2ccccc2[nH+]1)Nc1ccc(Cl)cc1. The monoisotopic (exact) mass is 318 g/mol. The molecule has 1 heterocycles. The summed E-state index contributed by atoms with van der Waals surface area (Å²) in [5, 5.41) is 4.34. The minimum Gasteiger partial charge on any atom is -0.325 e. The number of fused-ring (bicyclic) bond motifs is 1. The molecule has 3 aromatic rings. The molecule has 0 radical (unpaired) electrons. The lowest BCUT2D eigenvalue weighted by molar-refractivity contribution is -0.396. The third kappa shape index (κ3) is 3.56. The Morgan fingerprint density at radius 3 is 2.71 bits per heavy atom. The molecular weight excluding hydrogens is 306 g/mol. The van der Waals surface area contributed by atoms with Gasteiger partial charge in [0, 0.05) is 10.7 Å². The van der Waals surface area contributed by atoms with E-state index in [0.29, 0.717) is 10.8 Å². The Morgan fingerprint density at radius 1 is 1.19 bits per heavy atom. The summed E-state index contributed by atoms with van der Waals surface area (Å²) < 4.78 is 0. The van der Waals surface area contributed by atoms with Gasteiger partial charge in [-0.1, -0.05) is 23.7 Å². The summed E-state index contributed by atoms with van der Waals surface area (Å²) in [5.74, 6) is 0.265. The van der Waals surface area contributed by atoms with Crippen LogP contribution in [0.15, 0.2) is 53.7 Å². The number of imidazole rings is 1. The van der Waals surface area contributed by atoms with Crippen LogP contribution in [0.5, 0.6) is 0 Å². The van der Waals surface area contributed by atoms with Crippen molar-refractivity contribution in [1.29, 1.82) is 0 Å². The van der Waals surface area contributed by atoms with E-state index in [2.05, 4.69) is 15.3 Å². The topological polar surface area (TPSA) is 59.0 Å². The van der Waals surface area contributed by atoms with E-state index < -0.39 is 0 Å². The molecule has 1 aromatic heterocycles. The first-order chi connectivity index (χ1) is 10.2. The fourth-order valence-corrected chi connectivity index (χ4v) is 2.76. The van der Waals surface area contributed by atoms with Crippen molar-refractivity contribution in [2.75, 3.05) is 11.1 Å². The molecule has 106 valence electrons. The maximum absolute atomic E-state index is 11.9. The van der Waals surface area contributed by atoms with Gasteiger partial charge in [-0.2, -0.15) is 0 Å². The second-order valence-electron chi connectivity index (χ2n) is 4.47. The Balaban J connectivity index is 1.59. The zero-order chi connectivity index (χ0) is 14.7. The van der Waals surface area contributed by atoms with Gasteiger partial charge < -0.3 is 5.32 Å². The van der Waals surface area contributed by atoms with E-state index in [1.165, 1.54) is 11.8 Å². The average molecular weight is 319 g/mol. The predicted octanol–water partition coefficient (Wildman–Crippen LogP) is 3.37. The minimum atomic E-state index is -0.0608. The van der Waals surface area contributed by atoms with E-state index in [0.717, 1.165) is 21.9 Å². The molecule has 3 N–H and O–H groups in total. The second kappa shape index (κ2) is 6.20. The number of carbonyl (C=O) groups excluding carboxylic acids is 1. The highest BCUT2D eigenvalue weighted by atomic mass is 35.5. The van der Waals surface area contributed by atoms with Crippen molar-refractivity contribution in [3.05, 3.63) is 53.6 Å². The van der Waals surface area contributed by atoms with Crippen molar-refractivity contribution < 1.29 is 9.78 Å². The van der Waals surface area contributed by atoms with Gasteiger partial charge in [0.05, 0.1) is 5.75 Å². The standard InChI is InChI=1S/C15H12ClN3OS/c16-10-5-7-11(8-6-10)17-14(20)9-21-15-18-12-3-1-2-4-13(12)19-15/h1-8H,9H2,(H,17,20)(H,18,19)/p+1. The Morgan fingerprint density at radius 2 is 1.95 bits per heavy atom. The fourth-order valence-electron chi connectivity index (χ4n) is 1.92. The van der Waals surface area contributed by atoms with Crippen LogP contribution < -0.4 is 10.3 Å². The summed E-state index contributed by atoms with van der Waals surface area (Å²) in [4.78, 5) is 18.4. The van der Waals surface area contributed by atoms with Crippen molar-refractivity contribution in [2.24, 2.45) is 0 Å². The van der Waals surface area contributed by atoms with E-state index in [-0.39, 0.29) is 5.91 Å². The van der Waals surface area contributed by atoms with Crippen molar-refractivity contribution in [3.8, 4) is 0 Å². The van der Waals surface area contributed by atoms with Crippen molar-refractivity contribution >= 4 is 46.0 Å². The molecule has 0 aliphatic carbocycles. The summed E-state index contributed by atoms with van der Waals surface area (Å²) in [6.45, 7) is 0. The van der Waals surface area contributed by atoms with Crippen LogP contribution in [-0.2, 0) is 4.79 Å². The molecule has 0 bridgehead atoms. The van der Waals surface area contributed by atoms with Crippen LogP contribution in [0.2, 0.25) is 5.02 Å². The summed E-state index contributed by atoms with van der Waals surface area (Å²) in [6.07, 6.45) is 0. The van der Waals surface area contributed by atoms with Crippen LogP contribution in [0.25, 0.3) is 11.0 Å². The van der Waals surface area contributed by atoms with Crippen LogP contribution in [0.1, 0.15) is 0 Å². The maximum Gasteiger partial charge on any atom is 0.315 e. The molecule has 6 heteroatoms. The second-order valence-corrected chi connectivity index (χ2v) is 5.89. The van der Waals surface area contributed by atoms with E-state index >= 15 is 0 Å². The predicted molar refractivity (Wildman–Crippen MR) is 85.7 cm³/mol. The smallest absolute Gasteiger partial charge is 0.315 e. The number of rotatable bonds is 4. The molecule has 0 spiro atoms. The normalized spacial score (nSPS) is 10.7. The van der Waals surface area contributed by atoms with Crippen molar-refractivity contribution in [3.63, 3.8) is 0 Å². The van der Waals surface area contributed by atoms with Crippen molar-refractivity contribution in [2.45, 2.75) is 5.16 Å². The molecule has 0 unspecified atom stereocenters. The number of aromatic amines is 2. The van der Waals surface area contributed by atoms with Crippen molar-refractivity contribution in [1.82, 2.24) is 4.98 Å². The zero-order valence-electron chi connectivity index (χ0n) is 11.0. The third-order valence-corrected chi connectivity index (χ3v) is 4.05. The summed E-state index contributed by atoms with van der Waals surface area (Å²) >= 11 is 7.23. The molecule has 0 aliphatic rings. The van der Waals surface area contributed by atoms with Gasteiger partial charge in [0.15, 0.2) is 11.0 Å². The van der Waals surface area contributed by atoms with Gasteiger partial charge in [-0.05, 0) is 48.2 Å². The van der Waals surface area contributed by atoms with Crippen LogP contribution in [0.4, 0.5) is 5.69 Å². The lowest BCUT2D eigenvalue weighted by Gasteiger charge is -2.03. The highest BCUT2D eigenvalue weighted by Crippen LogP contribution is 2.17. The van der Waals surface area contributed by atoms with Gasteiger partial charge in [-0.3, -0.25) is 4.79 Å². The maximum atomic E-state index is 11.9. The number of anilines is 1. The van der Waals surface area contributed by atoms with Crippen LogP contribution >= 0.6 is 23.4 Å². The Bertz CT molecular complexity index is 737.